The third-order valence-corrected chi connectivity index (χ3v) is 2.94. The molecule has 1 aliphatic rings. The van der Waals surface area contributed by atoms with Crippen molar-refractivity contribution in [3.05, 3.63) is 35.1 Å². The van der Waals surface area contributed by atoms with Gasteiger partial charge in [0.15, 0.2) is 0 Å². The lowest BCUT2D eigenvalue weighted by molar-refractivity contribution is 0.0665. The van der Waals surface area contributed by atoms with Gasteiger partial charge in [-0.2, -0.15) is 0 Å². The third-order valence-electron chi connectivity index (χ3n) is 2.94. The second-order valence-electron chi connectivity index (χ2n) is 4.35. The summed E-state index contributed by atoms with van der Waals surface area (Å²) in [7, 11) is 0. The molecule has 1 aromatic rings. The predicted molar refractivity (Wildman–Crippen MR) is 61.9 cm³/mol. The summed E-state index contributed by atoms with van der Waals surface area (Å²) in [6.45, 7) is 2.16. The van der Waals surface area contributed by atoms with Gasteiger partial charge in [0.05, 0.1) is 25.4 Å². The van der Waals surface area contributed by atoms with Gasteiger partial charge in [0.2, 0.25) is 0 Å². The molecule has 5 heteroatoms. The number of aromatic carboxylic acids is 1. The highest BCUT2D eigenvalue weighted by Crippen LogP contribution is 2.16. The van der Waals surface area contributed by atoms with E-state index < -0.39 is 11.8 Å². The molecule has 2 rings (SSSR count). The first-order chi connectivity index (χ1) is 8.66. The maximum absolute atomic E-state index is 13.0. The van der Waals surface area contributed by atoms with E-state index in [4.69, 9.17) is 14.6 Å². The molecule has 1 N–H and O–H groups in total. The zero-order chi connectivity index (χ0) is 13.0. The molecule has 0 aromatic heterocycles. The Bertz CT molecular complexity index is 427. The van der Waals surface area contributed by atoms with Crippen LogP contribution in [0.15, 0.2) is 18.2 Å². The predicted octanol–water partition coefficient (Wildman–Crippen LogP) is 2.08. The Morgan fingerprint density at radius 1 is 1.56 bits per heavy atom. The van der Waals surface area contributed by atoms with Crippen molar-refractivity contribution < 1.29 is 23.8 Å². The molecule has 0 aliphatic carbocycles. The van der Waals surface area contributed by atoms with E-state index in [9.17, 15) is 9.18 Å². The Kier molecular flexibility index (Phi) is 4.28. The summed E-state index contributed by atoms with van der Waals surface area (Å²) in [6.07, 6.45) is 0.967. The number of carbonyl (C=O) groups is 1. The van der Waals surface area contributed by atoms with Gasteiger partial charge >= 0.3 is 5.97 Å². The fourth-order valence-corrected chi connectivity index (χ4v) is 1.92. The quantitative estimate of drug-likeness (QED) is 0.874. The Morgan fingerprint density at radius 3 is 3.06 bits per heavy atom. The molecule has 0 radical (unpaired) electrons. The van der Waals surface area contributed by atoms with Gasteiger partial charge in [0.25, 0.3) is 0 Å². The minimum absolute atomic E-state index is 0.0438. The number of hydrogen-bond donors (Lipinski definition) is 1. The molecular weight excluding hydrogens is 239 g/mol. The zero-order valence-electron chi connectivity index (χ0n) is 9.89. The highest BCUT2D eigenvalue weighted by atomic mass is 19.1. The van der Waals surface area contributed by atoms with E-state index in [0.29, 0.717) is 24.7 Å². The molecule has 0 spiro atoms. The van der Waals surface area contributed by atoms with Crippen molar-refractivity contribution in [1.82, 2.24) is 0 Å². The molecule has 18 heavy (non-hydrogen) atoms. The Morgan fingerprint density at radius 2 is 2.39 bits per heavy atom. The maximum Gasteiger partial charge on any atom is 0.336 e. The van der Waals surface area contributed by atoms with Gasteiger partial charge in [-0.1, -0.05) is 6.07 Å². The van der Waals surface area contributed by atoms with Crippen LogP contribution in [-0.4, -0.2) is 30.9 Å². The highest BCUT2D eigenvalue weighted by Gasteiger charge is 2.16. The molecule has 0 amide bonds. The normalized spacial score (nSPS) is 19.1. The van der Waals surface area contributed by atoms with E-state index in [1.807, 2.05) is 0 Å². The van der Waals surface area contributed by atoms with Crippen molar-refractivity contribution in [1.29, 1.82) is 0 Å². The number of benzene rings is 1. The van der Waals surface area contributed by atoms with Crippen LogP contribution in [0.1, 0.15) is 22.3 Å². The average molecular weight is 254 g/mol. The fraction of sp³-hybridized carbons (Fsp3) is 0.462. The lowest BCUT2D eigenvalue weighted by Gasteiger charge is -2.10. The van der Waals surface area contributed by atoms with Crippen LogP contribution in [0.3, 0.4) is 0 Å². The average Bonchev–Trinajstić information content (AvgIpc) is 2.84. The standard InChI is InChI=1S/C13H15FO4/c14-11-2-1-10(12(5-11)13(15)16)8-18-7-9-3-4-17-6-9/h1-2,5,9H,3-4,6-8H2,(H,15,16). The number of carboxylic acids is 1. The summed E-state index contributed by atoms with van der Waals surface area (Å²) in [6, 6.07) is 3.70. The monoisotopic (exact) mass is 254 g/mol. The van der Waals surface area contributed by atoms with Gasteiger partial charge < -0.3 is 14.6 Å². The number of ether oxygens (including phenoxy) is 2. The first-order valence-electron chi connectivity index (χ1n) is 5.84. The highest BCUT2D eigenvalue weighted by molar-refractivity contribution is 5.89. The molecule has 0 bridgehead atoms. The molecule has 1 unspecified atom stereocenters. The zero-order valence-corrected chi connectivity index (χ0v) is 9.89. The van der Waals surface area contributed by atoms with Gasteiger partial charge in [-0.05, 0) is 24.1 Å². The van der Waals surface area contributed by atoms with Crippen LogP contribution < -0.4 is 0 Å². The number of halogens is 1. The summed E-state index contributed by atoms with van der Waals surface area (Å²) < 4.78 is 23.6. The molecule has 0 saturated carbocycles. The van der Waals surface area contributed by atoms with Crippen molar-refractivity contribution in [2.75, 3.05) is 19.8 Å². The van der Waals surface area contributed by atoms with Crippen molar-refractivity contribution >= 4 is 5.97 Å². The van der Waals surface area contributed by atoms with Crippen LogP contribution in [0.5, 0.6) is 0 Å². The third kappa shape index (κ3) is 3.27. The van der Waals surface area contributed by atoms with Crippen molar-refractivity contribution in [3.63, 3.8) is 0 Å². The van der Waals surface area contributed by atoms with E-state index in [0.717, 1.165) is 19.1 Å². The molecule has 1 atom stereocenters. The minimum atomic E-state index is -1.14. The summed E-state index contributed by atoms with van der Waals surface area (Å²) in [5.41, 5.74) is 0.445. The molecule has 1 heterocycles. The van der Waals surface area contributed by atoms with Gasteiger partial charge in [0.1, 0.15) is 5.82 Å². The lowest BCUT2D eigenvalue weighted by atomic mass is 10.1. The summed E-state index contributed by atoms with van der Waals surface area (Å²) >= 11 is 0. The topological polar surface area (TPSA) is 55.8 Å². The number of rotatable bonds is 5. The molecular formula is C13H15FO4. The van der Waals surface area contributed by atoms with Crippen molar-refractivity contribution in [3.8, 4) is 0 Å². The van der Waals surface area contributed by atoms with E-state index in [-0.39, 0.29) is 12.2 Å². The molecule has 1 saturated heterocycles. The second-order valence-corrected chi connectivity index (χ2v) is 4.35. The van der Waals surface area contributed by atoms with E-state index in [2.05, 4.69) is 0 Å². The van der Waals surface area contributed by atoms with Crippen LogP contribution >= 0.6 is 0 Å². The first-order valence-corrected chi connectivity index (χ1v) is 5.84. The Labute approximate surface area is 104 Å². The van der Waals surface area contributed by atoms with Gasteiger partial charge in [-0.15, -0.1) is 0 Å². The van der Waals surface area contributed by atoms with E-state index in [1.54, 1.807) is 0 Å². The Hall–Kier alpha value is -1.46. The smallest absolute Gasteiger partial charge is 0.336 e. The Balaban J connectivity index is 1.93. The van der Waals surface area contributed by atoms with Gasteiger partial charge in [0, 0.05) is 12.5 Å². The van der Waals surface area contributed by atoms with Crippen LogP contribution in [0.25, 0.3) is 0 Å². The largest absolute Gasteiger partial charge is 0.478 e. The minimum Gasteiger partial charge on any atom is -0.478 e. The first kappa shape index (κ1) is 13.0. The summed E-state index contributed by atoms with van der Waals surface area (Å²) in [4.78, 5) is 11.0. The molecule has 1 fully saturated rings. The fourth-order valence-electron chi connectivity index (χ4n) is 1.92. The van der Waals surface area contributed by atoms with Crippen LogP contribution in [0.4, 0.5) is 4.39 Å². The SMILES string of the molecule is O=C(O)c1cc(F)ccc1COCC1CCOC1. The lowest BCUT2D eigenvalue weighted by Crippen LogP contribution is -2.11. The maximum atomic E-state index is 13.0. The van der Waals surface area contributed by atoms with Crippen LogP contribution in [0.2, 0.25) is 0 Å². The molecule has 4 nitrogen and oxygen atoms in total. The molecule has 1 aliphatic heterocycles. The molecule has 98 valence electrons. The van der Waals surface area contributed by atoms with E-state index >= 15 is 0 Å². The van der Waals surface area contributed by atoms with Gasteiger partial charge in [-0.3, -0.25) is 0 Å². The second kappa shape index (κ2) is 5.93. The summed E-state index contributed by atoms with van der Waals surface area (Å²) in [5.74, 6) is -1.32. The summed E-state index contributed by atoms with van der Waals surface area (Å²) in [5, 5.41) is 8.96. The van der Waals surface area contributed by atoms with Crippen molar-refractivity contribution in [2.45, 2.75) is 13.0 Å². The van der Waals surface area contributed by atoms with Crippen molar-refractivity contribution in [2.24, 2.45) is 5.92 Å². The van der Waals surface area contributed by atoms with Crippen LogP contribution in [-0.2, 0) is 16.1 Å². The van der Waals surface area contributed by atoms with Gasteiger partial charge in [-0.25, -0.2) is 9.18 Å². The van der Waals surface area contributed by atoms with Crippen LogP contribution in [0, 0.1) is 11.7 Å². The van der Waals surface area contributed by atoms with E-state index in [1.165, 1.54) is 12.1 Å². The molecule has 1 aromatic carbocycles. The number of carboxylic acid groups (broad SMARTS) is 1. The number of hydrogen-bond acceptors (Lipinski definition) is 3.